The summed E-state index contributed by atoms with van der Waals surface area (Å²) in [5.74, 6) is -3.39. The van der Waals surface area contributed by atoms with Crippen LogP contribution < -0.4 is 10.1 Å². The number of carboxylic acid groups (broad SMARTS) is 1. The van der Waals surface area contributed by atoms with Crippen LogP contribution in [0.1, 0.15) is 0 Å². The van der Waals surface area contributed by atoms with Crippen LogP contribution in [0.4, 0.5) is 14.5 Å². The summed E-state index contributed by atoms with van der Waals surface area (Å²) in [6.45, 7) is -2.93. The monoisotopic (exact) mass is 325 g/mol. The number of halogens is 2. The molecule has 2 N–H and O–H groups in total. The maximum atomic E-state index is 12.3. The second kappa shape index (κ2) is 5.96. The summed E-state index contributed by atoms with van der Waals surface area (Å²) >= 11 is 0. The second-order valence-electron chi connectivity index (χ2n) is 5.23. The van der Waals surface area contributed by atoms with Crippen molar-refractivity contribution in [2.75, 3.05) is 5.32 Å². The molecule has 4 atom stereocenters. The highest BCUT2D eigenvalue weighted by Crippen LogP contribution is 2.39. The number of carbonyl (C=O) groups excluding carboxylic acids is 1. The van der Waals surface area contributed by atoms with Gasteiger partial charge in [0.2, 0.25) is 5.91 Å². The highest BCUT2D eigenvalue weighted by atomic mass is 19.3. The molecule has 1 fully saturated rings. The van der Waals surface area contributed by atoms with E-state index in [1.165, 1.54) is 24.3 Å². The summed E-state index contributed by atoms with van der Waals surface area (Å²) in [5.41, 5.74) is 0.354. The van der Waals surface area contributed by atoms with Gasteiger partial charge in [-0.3, -0.25) is 9.59 Å². The lowest BCUT2D eigenvalue weighted by Crippen LogP contribution is -2.39. The molecule has 0 saturated carbocycles. The summed E-state index contributed by atoms with van der Waals surface area (Å²) in [6.07, 6.45) is 2.15. The van der Waals surface area contributed by atoms with Gasteiger partial charge < -0.3 is 19.9 Å². The van der Waals surface area contributed by atoms with Crippen LogP contribution in [-0.4, -0.2) is 35.8 Å². The number of ether oxygens (including phenoxy) is 2. The normalized spacial score (nSPS) is 28.1. The van der Waals surface area contributed by atoms with E-state index < -0.39 is 42.5 Å². The van der Waals surface area contributed by atoms with Crippen LogP contribution in [0.2, 0.25) is 0 Å². The number of amides is 1. The van der Waals surface area contributed by atoms with Crippen LogP contribution in [0.5, 0.6) is 5.75 Å². The van der Waals surface area contributed by atoms with E-state index >= 15 is 0 Å². The van der Waals surface area contributed by atoms with E-state index in [1.807, 2.05) is 0 Å². The average Bonchev–Trinajstić information content (AvgIpc) is 3.09. The van der Waals surface area contributed by atoms with E-state index in [9.17, 15) is 23.5 Å². The van der Waals surface area contributed by atoms with Crippen LogP contribution >= 0.6 is 0 Å². The van der Waals surface area contributed by atoms with Gasteiger partial charge in [-0.25, -0.2) is 0 Å². The lowest BCUT2D eigenvalue weighted by molar-refractivity contribution is -0.145. The Bertz CT molecular complexity index is 646. The molecule has 3 rings (SSSR count). The lowest BCUT2D eigenvalue weighted by atomic mass is 9.82. The molecule has 8 heteroatoms. The van der Waals surface area contributed by atoms with Gasteiger partial charge in [-0.15, -0.1) is 0 Å². The Morgan fingerprint density at radius 3 is 2.30 bits per heavy atom. The molecule has 2 aliphatic rings. The number of alkyl halides is 2. The van der Waals surface area contributed by atoms with Crippen molar-refractivity contribution >= 4 is 17.6 Å². The molecule has 2 heterocycles. The average molecular weight is 325 g/mol. The van der Waals surface area contributed by atoms with Gasteiger partial charge in [-0.2, -0.15) is 8.78 Å². The highest BCUT2D eigenvalue weighted by Gasteiger charge is 2.53. The molecule has 2 aliphatic heterocycles. The van der Waals surface area contributed by atoms with E-state index in [0.29, 0.717) is 5.69 Å². The van der Waals surface area contributed by atoms with E-state index in [2.05, 4.69) is 10.1 Å². The van der Waals surface area contributed by atoms with Crippen LogP contribution in [0.15, 0.2) is 36.4 Å². The number of fused-ring (bicyclic) bond motifs is 2. The van der Waals surface area contributed by atoms with Crippen molar-refractivity contribution in [1.82, 2.24) is 0 Å². The molecule has 2 bridgehead atoms. The summed E-state index contributed by atoms with van der Waals surface area (Å²) in [4.78, 5) is 23.7. The number of rotatable bonds is 5. The quantitative estimate of drug-likeness (QED) is 0.808. The summed E-state index contributed by atoms with van der Waals surface area (Å²) in [7, 11) is 0. The fraction of sp³-hybridized carbons (Fsp3) is 0.333. The standard InChI is InChI=1S/C15H13F2NO5/c16-15(17)22-8-3-1-7(2-4-8)18-13(19)11-9-5-6-10(23-9)12(11)14(20)21/h1-6,9-12,15H,(H,18,19)(H,20,21)/t9-,10-,11-,12-/m0/s1. The number of nitrogens with one attached hydrogen (secondary N) is 1. The first-order valence-corrected chi connectivity index (χ1v) is 6.88. The minimum atomic E-state index is -2.93. The predicted octanol–water partition coefficient (Wildman–Crippen LogP) is 1.88. The van der Waals surface area contributed by atoms with Crippen molar-refractivity contribution in [3.8, 4) is 5.75 Å². The Morgan fingerprint density at radius 1 is 1.13 bits per heavy atom. The third kappa shape index (κ3) is 3.02. The molecule has 1 aromatic carbocycles. The Labute approximate surface area is 129 Å². The van der Waals surface area contributed by atoms with E-state index in [0.717, 1.165) is 0 Å². The van der Waals surface area contributed by atoms with Crippen LogP contribution in [-0.2, 0) is 14.3 Å². The predicted molar refractivity (Wildman–Crippen MR) is 74.1 cm³/mol. The molecule has 0 aliphatic carbocycles. The van der Waals surface area contributed by atoms with Crippen molar-refractivity contribution in [3.63, 3.8) is 0 Å². The summed E-state index contributed by atoms with van der Waals surface area (Å²) < 4.78 is 33.8. The van der Waals surface area contributed by atoms with Crippen molar-refractivity contribution in [3.05, 3.63) is 36.4 Å². The number of anilines is 1. The largest absolute Gasteiger partial charge is 0.481 e. The van der Waals surface area contributed by atoms with Crippen molar-refractivity contribution in [1.29, 1.82) is 0 Å². The first-order valence-electron chi connectivity index (χ1n) is 6.88. The zero-order chi connectivity index (χ0) is 16.6. The maximum absolute atomic E-state index is 12.3. The number of aliphatic carboxylic acids is 1. The molecule has 0 unspecified atom stereocenters. The van der Waals surface area contributed by atoms with E-state index in [4.69, 9.17) is 4.74 Å². The number of carbonyl (C=O) groups is 2. The van der Waals surface area contributed by atoms with Gasteiger partial charge in [-0.05, 0) is 24.3 Å². The van der Waals surface area contributed by atoms with Crippen LogP contribution in [0.3, 0.4) is 0 Å². The molecule has 1 saturated heterocycles. The third-order valence-electron chi connectivity index (χ3n) is 3.83. The maximum Gasteiger partial charge on any atom is 0.387 e. The van der Waals surface area contributed by atoms with E-state index in [-0.39, 0.29) is 5.75 Å². The molecule has 0 aromatic heterocycles. The Hall–Kier alpha value is -2.48. The lowest BCUT2D eigenvalue weighted by Gasteiger charge is -2.21. The number of hydrogen-bond acceptors (Lipinski definition) is 4. The van der Waals surface area contributed by atoms with Gasteiger partial charge >= 0.3 is 12.6 Å². The second-order valence-corrected chi connectivity index (χ2v) is 5.23. The molecular weight excluding hydrogens is 312 g/mol. The van der Waals surface area contributed by atoms with Crippen LogP contribution in [0, 0.1) is 11.8 Å². The molecule has 1 amide bonds. The molecule has 6 nitrogen and oxygen atoms in total. The first-order chi connectivity index (χ1) is 11.0. The van der Waals surface area contributed by atoms with Gasteiger partial charge in [0.05, 0.1) is 18.1 Å². The Morgan fingerprint density at radius 2 is 1.74 bits per heavy atom. The smallest absolute Gasteiger partial charge is 0.387 e. The van der Waals surface area contributed by atoms with Gasteiger partial charge in [0, 0.05) is 5.69 Å². The topological polar surface area (TPSA) is 84.9 Å². The SMILES string of the molecule is O=C(O)[C@@H]1[C@@H](C(=O)Nc2ccc(OC(F)F)cc2)[C@@H]2C=C[C@@H]1O2. The third-order valence-corrected chi connectivity index (χ3v) is 3.83. The molecular formula is C15H13F2NO5. The minimum Gasteiger partial charge on any atom is -0.481 e. The van der Waals surface area contributed by atoms with Gasteiger partial charge in [-0.1, -0.05) is 12.2 Å². The molecule has 23 heavy (non-hydrogen) atoms. The number of hydrogen-bond donors (Lipinski definition) is 2. The highest BCUT2D eigenvalue weighted by molar-refractivity contribution is 5.96. The van der Waals surface area contributed by atoms with E-state index in [1.54, 1.807) is 12.2 Å². The fourth-order valence-electron chi connectivity index (χ4n) is 2.86. The molecule has 0 radical (unpaired) electrons. The number of benzene rings is 1. The summed E-state index contributed by atoms with van der Waals surface area (Å²) in [5, 5.41) is 11.8. The fourth-order valence-corrected chi connectivity index (χ4v) is 2.86. The molecule has 0 spiro atoms. The first kappa shape index (κ1) is 15.4. The van der Waals surface area contributed by atoms with Crippen molar-refractivity contribution < 1.29 is 33.0 Å². The zero-order valence-corrected chi connectivity index (χ0v) is 11.7. The molecule has 1 aromatic rings. The zero-order valence-electron chi connectivity index (χ0n) is 11.7. The minimum absolute atomic E-state index is 0.0346. The number of carboxylic acids is 1. The van der Waals surface area contributed by atoms with Gasteiger partial charge in [0.1, 0.15) is 11.7 Å². The Balaban J connectivity index is 1.69. The van der Waals surface area contributed by atoms with Crippen LogP contribution in [0.25, 0.3) is 0 Å². The van der Waals surface area contributed by atoms with Gasteiger partial charge in [0.25, 0.3) is 0 Å². The van der Waals surface area contributed by atoms with Gasteiger partial charge in [0.15, 0.2) is 0 Å². The van der Waals surface area contributed by atoms with Crippen molar-refractivity contribution in [2.24, 2.45) is 11.8 Å². The summed E-state index contributed by atoms with van der Waals surface area (Å²) in [6, 6.07) is 5.37. The molecule has 122 valence electrons. The Kier molecular flexibility index (Phi) is 3.99. The van der Waals surface area contributed by atoms with Crippen molar-refractivity contribution in [2.45, 2.75) is 18.8 Å².